The van der Waals surface area contributed by atoms with E-state index in [1.165, 1.54) is 0 Å². The first-order chi connectivity index (χ1) is 10.5. The van der Waals surface area contributed by atoms with Crippen molar-refractivity contribution in [3.8, 4) is 6.07 Å². The normalized spacial score (nSPS) is 10.1. The van der Waals surface area contributed by atoms with Gasteiger partial charge in [-0.2, -0.15) is 5.26 Å². The van der Waals surface area contributed by atoms with Crippen LogP contribution in [0.2, 0.25) is 0 Å². The molecule has 112 valence electrons. The molecule has 0 fully saturated rings. The number of amides is 1. The van der Waals surface area contributed by atoms with E-state index in [2.05, 4.69) is 26.7 Å². The Morgan fingerprint density at radius 1 is 1.27 bits per heavy atom. The minimum absolute atomic E-state index is 0.0264. The minimum atomic E-state index is -0.253. The summed E-state index contributed by atoms with van der Waals surface area (Å²) < 4.78 is 0. The molecular formula is C16H17N5O. The lowest BCUT2D eigenvalue weighted by atomic mass is 10.2. The van der Waals surface area contributed by atoms with Crippen molar-refractivity contribution in [3.05, 3.63) is 47.4 Å². The van der Waals surface area contributed by atoms with Gasteiger partial charge in [0, 0.05) is 12.1 Å². The molecule has 2 rings (SSSR count). The molecule has 1 heterocycles. The second-order valence-electron chi connectivity index (χ2n) is 5.10. The maximum absolute atomic E-state index is 12.1. The highest BCUT2D eigenvalue weighted by Crippen LogP contribution is 2.19. The van der Waals surface area contributed by atoms with Crippen LogP contribution in [0, 0.1) is 18.3 Å². The number of carbonyl (C=O) groups excluding carboxylic acids is 1. The molecule has 1 amide bonds. The van der Waals surface area contributed by atoms with Crippen LogP contribution in [-0.2, 0) is 0 Å². The van der Waals surface area contributed by atoms with Gasteiger partial charge in [0.15, 0.2) is 0 Å². The number of hydrogen-bond acceptors (Lipinski definition) is 5. The Hall–Kier alpha value is -2.94. The third kappa shape index (κ3) is 3.79. The van der Waals surface area contributed by atoms with Crippen LogP contribution in [0.5, 0.6) is 0 Å². The number of benzene rings is 1. The van der Waals surface area contributed by atoms with Gasteiger partial charge in [-0.25, -0.2) is 9.97 Å². The highest BCUT2D eigenvalue weighted by Gasteiger charge is 2.12. The Kier molecular flexibility index (Phi) is 4.69. The zero-order chi connectivity index (χ0) is 16.1. The SMILES string of the molecule is Cc1nc(Nc2ccccc2C#N)cc(C(=O)NC(C)C)n1. The largest absolute Gasteiger partial charge is 0.349 e. The van der Waals surface area contributed by atoms with Crippen molar-refractivity contribution >= 4 is 17.4 Å². The summed E-state index contributed by atoms with van der Waals surface area (Å²) >= 11 is 0. The summed E-state index contributed by atoms with van der Waals surface area (Å²) in [5.41, 5.74) is 1.43. The molecule has 0 atom stereocenters. The first kappa shape index (κ1) is 15.4. The second kappa shape index (κ2) is 6.68. The van der Waals surface area contributed by atoms with Gasteiger partial charge < -0.3 is 10.6 Å². The fourth-order valence-corrected chi connectivity index (χ4v) is 1.91. The molecule has 0 aliphatic heterocycles. The molecular weight excluding hydrogens is 278 g/mol. The van der Waals surface area contributed by atoms with Crippen LogP contribution >= 0.6 is 0 Å². The Morgan fingerprint density at radius 2 is 2.00 bits per heavy atom. The second-order valence-corrected chi connectivity index (χ2v) is 5.10. The zero-order valence-electron chi connectivity index (χ0n) is 12.7. The van der Waals surface area contributed by atoms with E-state index >= 15 is 0 Å². The lowest BCUT2D eigenvalue weighted by molar-refractivity contribution is 0.0937. The molecule has 0 aliphatic carbocycles. The van der Waals surface area contributed by atoms with Gasteiger partial charge in [-0.1, -0.05) is 12.1 Å². The molecule has 0 radical (unpaired) electrons. The van der Waals surface area contributed by atoms with E-state index < -0.39 is 0 Å². The van der Waals surface area contributed by atoms with Gasteiger partial charge in [0.1, 0.15) is 23.4 Å². The molecule has 2 N–H and O–H groups in total. The van der Waals surface area contributed by atoms with Crippen molar-refractivity contribution in [2.24, 2.45) is 0 Å². The van der Waals surface area contributed by atoms with Crippen molar-refractivity contribution in [1.29, 1.82) is 5.26 Å². The quantitative estimate of drug-likeness (QED) is 0.904. The van der Waals surface area contributed by atoms with Gasteiger partial charge in [0.2, 0.25) is 0 Å². The van der Waals surface area contributed by atoms with E-state index in [0.717, 1.165) is 0 Å². The van der Waals surface area contributed by atoms with Gasteiger partial charge in [-0.05, 0) is 32.9 Å². The van der Waals surface area contributed by atoms with Gasteiger partial charge >= 0.3 is 0 Å². The van der Waals surface area contributed by atoms with E-state index in [9.17, 15) is 4.79 Å². The third-order valence-electron chi connectivity index (χ3n) is 2.80. The van der Waals surface area contributed by atoms with Crippen LogP contribution in [0.25, 0.3) is 0 Å². The first-order valence-electron chi connectivity index (χ1n) is 6.92. The Labute approximate surface area is 129 Å². The Balaban J connectivity index is 2.31. The monoisotopic (exact) mass is 295 g/mol. The van der Waals surface area contributed by atoms with Gasteiger partial charge in [0.25, 0.3) is 5.91 Å². The predicted molar refractivity (Wildman–Crippen MR) is 83.8 cm³/mol. The maximum atomic E-state index is 12.1. The Morgan fingerprint density at radius 3 is 2.68 bits per heavy atom. The number of nitriles is 1. The summed E-state index contributed by atoms with van der Waals surface area (Å²) in [6.07, 6.45) is 0. The van der Waals surface area contributed by atoms with Gasteiger partial charge in [-0.3, -0.25) is 4.79 Å². The molecule has 6 heteroatoms. The fraction of sp³-hybridized carbons (Fsp3) is 0.250. The number of nitrogens with zero attached hydrogens (tertiary/aromatic N) is 3. The number of carbonyl (C=O) groups is 1. The standard InChI is InChI=1S/C16H17N5O/c1-10(2)18-16(22)14-8-15(20-11(3)19-14)21-13-7-5-4-6-12(13)9-17/h4-8,10H,1-3H3,(H,18,22)(H,19,20,21). The number of para-hydroxylation sites is 1. The molecule has 0 saturated heterocycles. The van der Waals surface area contributed by atoms with Crippen molar-refractivity contribution in [1.82, 2.24) is 15.3 Å². The van der Waals surface area contributed by atoms with E-state index in [-0.39, 0.29) is 17.6 Å². The van der Waals surface area contributed by atoms with Crippen LogP contribution in [0.4, 0.5) is 11.5 Å². The summed E-state index contributed by atoms with van der Waals surface area (Å²) in [5.74, 6) is 0.703. The molecule has 0 unspecified atom stereocenters. The molecule has 0 saturated carbocycles. The highest BCUT2D eigenvalue weighted by molar-refractivity contribution is 5.93. The van der Waals surface area contributed by atoms with E-state index in [4.69, 9.17) is 5.26 Å². The molecule has 0 bridgehead atoms. The van der Waals surface area contributed by atoms with E-state index in [1.54, 1.807) is 31.2 Å². The maximum Gasteiger partial charge on any atom is 0.270 e. The molecule has 1 aromatic heterocycles. The van der Waals surface area contributed by atoms with Crippen molar-refractivity contribution in [3.63, 3.8) is 0 Å². The number of anilines is 2. The highest BCUT2D eigenvalue weighted by atomic mass is 16.1. The molecule has 1 aromatic carbocycles. The number of rotatable bonds is 4. The lowest BCUT2D eigenvalue weighted by Crippen LogP contribution is -2.31. The van der Waals surface area contributed by atoms with Gasteiger partial charge in [0.05, 0.1) is 11.3 Å². The summed E-state index contributed by atoms with van der Waals surface area (Å²) in [6.45, 7) is 5.48. The molecule has 0 aliphatic rings. The zero-order valence-corrected chi connectivity index (χ0v) is 12.7. The van der Waals surface area contributed by atoms with E-state index in [1.807, 2.05) is 19.9 Å². The molecule has 2 aromatic rings. The molecule has 22 heavy (non-hydrogen) atoms. The number of hydrogen-bond donors (Lipinski definition) is 2. The Bertz CT molecular complexity index is 734. The topological polar surface area (TPSA) is 90.7 Å². The first-order valence-corrected chi connectivity index (χ1v) is 6.92. The third-order valence-corrected chi connectivity index (χ3v) is 2.80. The minimum Gasteiger partial charge on any atom is -0.349 e. The van der Waals surface area contributed by atoms with Crippen molar-refractivity contribution in [2.45, 2.75) is 26.8 Å². The fourth-order valence-electron chi connectivity index (χ4n) is 1.91. The van der Waals surface area contributed by atoms with Gasteiger partial charge in [-0.15, -0.1) is 0 Å². The summed E-state index contributed by atoms with van der Waals surface area (Å²) in [6, 6.07) is 10.8. The van der Waals surface area contributed by atoms with Crippen LogP contribution in [0.3, 0.4) is 0 Å². The smallest absolute Gasteiger partial charge is 0.270 e. The van der Waals surface area contributed by atoms with Crippen molar-refractivity contribution in [2.75, 3.05) is 5.32 Å². The van der Waals surface area contributed by atoms with Crippen LogP contribution in [0.1, 0.15) is 35.7 Å². The number of aromatic nitrogens is 2. The summed E-state index contributed by atoms with van der Waals surface area (Å²) in [7, 11) is 0. The number of aryl methyl sites for hydroxylation is 1. The molecule has 0 spiro atoms. The summed E-state index contributed by atoms with van der Waals surface area (Å²) in [5, 5.41) is 15.0. The average molecular weight is 295 g/mol. The van der Waals surface area contributed by atoms with Crippen LogP contribution in [0.15, 0.2) is 30.3 Å². The molecule has 6 nitrogen and oxygen atoms in total. The summed E-state index contributed by atoms with van der Waals surface area (Å²) in [4.78, 5) is 20.5. The van der Waals surface area contributed by atoms with Crippen molar-refractivity contribution < 1.29 is 4.79 Å². The van der Waals surface area contributed by atoms with E-state index in [0.29, 0.717) is 22.9 Å². The van der Waals surface area contributed by atoms with Crippen LogP contribution in [-0.4, -0.2) is 21.9 Å². The number of nitrogens with one attached hydrogen (secondary N) is 2. The lowest BCUT2D eigenvalue weighted by Gasteiger charge is -2.11. The van der Waals surface area contributed by atoms with Crippen LogP contribution < -0.4 is 10.6 Å². The average Bonchev–Trinajstić information content (AvgIpc) is 2.46. The predicted octanol–water partition coefficient (Wildman–Crippen LogP) is 2.54.